The number of hydrogen-bond donors (Lipinski definition) is 1. The Labute approximate surface area is 150 Å². The third kappa shape index (κ3) is 5.42. The highest BCUT2D eigenvalue weighted by molar-refractivity contribution is 7.90. The first-order valence-electron chi connectivity index (χ1n) is 8.02. The van der Waals surface area contributed by atoms with E-state index in [1.165, 1.54) is 6.07 Å². The summed E-state index contributed by atoms with van der Waals surface area (Å²) < 4.78 is 48.3. The van der Waals surface area contributed by atoms with Crippen LogP contribution in [0.2, 0.25) is 0 Å². The number of hydrogen-bond acceptors (Lipinski definition) is 3. The molecule has 0 aromatic heterocycles. The third-order valence-electron chi connectivity index (χ3n) is 3.57. The molecule has 0 radical (unpaired) electrons. The first-order valence-corrected chi connectivity index (χ1v) is 9.17. The van der Waals surface area contributed by atoms with E-state index in [1.807, 2.05) is 51.1 Å². The highest BCUT2D eigenvalue weighted by Gasteiger charge is 2.30. The number of halogens is 2. The van der Waals surface area contributed by atoms with E-state index in [0.29, 0.717) is 5.56 Å². The lowest BCUT2D eigenvalue weighted by molar-refractivity contribution is 0.283. The van der Waals surface area contributed by atoms with Crippen molar-refractivity contribution in [2.24, 2.45) is 0 Å². The van der Waals surface area contributed by atoms with Gasteiger partial charge in [-0.15, -0.1) is 4.72 Å². The Morgan fingerprint density at radius 2 is 1.80 bits per heavy atom. The molecular formula is C19H23F2NO2S. The van der Waals surface area contributed by atoms with Gasteiger partial charge in [0.2, 0.25) is 0 Å². The van der Waals surface area contributed by atoms with E-state index in [0.717, 1.165) is 11.6 Å². The molecule has 0 saturated carbocycles. The van der Waals surface area contributed by atoms with Crippen molar-refractivity contribution in [2.45, 2.75) is 45.1 Å². The molecule has 1 N–H and O–H groups in total. The SMILES string of the molecule is CC(N[S@@+]([O-])C(C)(C)C)c1cc(F)cc(F)c1OCc1ccccc1. The Kier molecular flexibility index (Phi) is 6.43. The zero-order valence-corrected chi connectivity index (χ0v) is 15.6. The quantitative estimate of drug-likeness (QED) is 0.756. The van der Waals surface area contributed by atoms with Gasteiger partial charge in [-0.1, -0.05) is 30.3 Å². The van der Waals surface area contributed by atoms with Crippen molar-refractivity contribution in [3.8, 4) is 5.75 Å². The summed E-state index contributed by atoms with van der Waals surface area (Å²) in [5.41, 5.74) is 1.17. The minimum atomic E-state index is -1.38. The van der Waals surface area contributed by atoms with Gasteiger partial charge in [0.15, 0.2) is 11.6 Å². The Morgan fingerprint density at radius 3 is 2.40 bits per heavy atom. The topological polar surface area (TPSA) is 44.3 Å². The highest BCUT2D eigenvalue weighted by atomic mass is 32.2. The van der Waals surface area contributed by atoms with Gasteiger partial charge in [0.05, 0.1) is 6.04 Å². The van der Waals surface area contributed by atoms with Gasteiger partial charge in [0, 0.05) is 23.0 Å². The van der Waals surface area contributed by atoms with Gasteiger partial charge >= 0.3 is 0 Å². The van der Waals surface area contributed by atoms with Crippen LogP contribution in [0.5, 0.6) is 5.75 Å². The summed E-state index contributed by atoms with van der Waals surface area (Å²) in [5.74, 6) is -1.51. The zero-order valence-electron chi connectivity index (χ0n) is 14.8. The van der Waals surface area contributed by atoms with E-state index < -0.39 is 33.8 Å². The number of rotatable bonds is 6. The van der Waals surface area contributed by atoms with E-state index in [-0.39, 0.29) is 12.4 Å². The summed E-state index contributed by atoms with van der Waals surface area (Å²) in [7, 11) is 0. The minimum Gasteiger partial charge on any atom is -0.598 e. The molecule has 0 amide bonds. The molecule has 0 aliphatic carbocycles. The van der Waals surface area contributed by atoms with Crippen LogP contribution in [0.15, 0.2) is 42.5 Å². The molecule has 0 aliphatic heterocycles. The minimum absolute atomic E-state index is 0.0313. The molecule has 25 heavy (non-hydrogen) atoms. The average Bonchev–Trinajstić information content (AvgIpc) is 2.53. The summed E-state index contributed by atoms with van der Waals surface area (Å²) in [6.45, 7) is 7.32. The largest absolute Gasteiger partial charge is 0.598 e. The summed E-state index contributed by atoms with van der Waals surface area (Å²) in [4.78, 5) is 0. The van der Waals surface area contributed by atoms with E-state index in [9.17, 15) is 13.3 Å². The fraction of sp³-hybridized carbons (Fsp3) is 0.368. The normalized spacial score (nSPS) is 14.2. The molecule has 0 fully saturated rings. The lowest BCUT2D eigenvalue weighted by atomic mass is 10.1. The molecule has 6 heteroatoms. The zero-order chi connectivity index (χ0) is 18.6. The summed E-state index contributed by atoms with van der Waals surface area (Å²) in [6, 6.07) is 10.8. The van der Waals surface area contributed by atoms with Crippen LogP contribution >= 0.6 is 0 Å². The smallest absolute Gasteiger partial charge is 0.168 e. The van der Waals surface area contributed by atoms with Gasteiger partial charge in [0.25, 0.3) is 0 Å². The Morgan fingerprint density at radius 1 is 1.16 bits per heavy atom. The first-order chi connectivity index (χ1) is 11.7. The summed E-state index contributed by atoms with van der Waals surface area (Å²) >= 11 is -1.38. The van der Waals surface area contributed by atoms with Crippen LogP contribution in [-0.2, 0) is 18.0 Å². The average molecular weight is 367 g/mol. The number of ether oxygens (including phenoxy) is 1. The van der Waals surface area contributed by atoms with Gasteiger partial charge in [-0.2, -0.15) is 0 Å². The number of benzene rings is 2. The van der Waals surface area contributed by atoms with Crippen LogP contribution in [0.4, 0.5) is 8.78 Å². The van der Waals surface area contributed by atoms with Crippen molar-refractivity contribution in [1.82, 2.24) is 4.72 Å². The van der Waals surface area contributed by atoms with Crippen molar-refractivity contribution < 1.29 is 18.1 Å². The first kappa shape index (κ1) is 19.7. The predicted molar refractivity (Wildman–Crippen MR) is 96.6 cm³/mol. The Bertz CT molecular complexity index is 705. The van der Waals surface area contributed by atoms with Gasteiger partial charge in [0.1, 0.15) is 17.2 Å². The fourth-order valence-electron chi connectivity index (χ4n) is 2.18. The monoisotopic (exact) mass is 367 g/mol. The summed E-state index contributed by atoms with van der Waals surface area (Å²) in [5, 5.41) is 0. The maximum atomic E-state index is 14.3. The van der Waals surface area contributed by atoms with Crippen LogP contribution in [0.25, 0.3) is 0 Å². The molecular weight excluding hydrogens is 344 g/mol. The van der Waals surface area contributed by atoms with E-state index >= 15 is 0 Å². The fourth-order valence-corrected chi connectivity index (χ4v) is 2.99. The maximum absolute atomic E-state index is 14.3. The summed E-state index contributed by atoms with van der Waals surface area (Å²) in [6.07, 6.45) is 0. The van der Waals surface area contributed by atoms with E-state index in [2.05, 4.69) is 4.72 Å². The molecule has 0 heterocycles. The van der Waals surface area contributed by atoms with Crippen molar-refractivity contribution in [2.75, 3.05) is 0 Å². The molecule has 0 saturated heterocycles. The van der Waals surface area contributed by atoms with E-state index in [4.69, 9.17) is 4.74 Å². The molecule has 2 atom stereocenters. The van der Waals surface area contributed by atoms with Crippen molar-refractivity contribution in [3.05, 3.63) is 65.2 Å². The van der Waals surface area contributed by atoms with Crippen LogP contribution in [0, 0.1) is 11.6 Å². The Hall–Kier alpha value is -1.63. The second-order valence-electron chi connectivity index (χ2n) is 6.80. The standard InChI is InChI=1S/C19H23F2NO2S/c1-13(22-25(23)19(2,3)4)16-10-15(20)11-17(21)18(16)24-12-14-8-6-5-7-9-14/h5-11,13,22H,12H2,1-4H3/t13?,25-/m0/s1. The van der Waals surface area contributed by atoms with Gasteiger partial charge in [-0.3, -0.25) is 0 Å². The molecule has 0 bridgehead atoms. The molecule has 2 rings (SSSR count). The van der Waals surface area contributed by atoms with Crippen LogP contribution in [-0.4, -0.2) is 9.30 Å². The van der Waals surface area contributed by atoms with Crippen molar-refractivity contribution in [3.63, 3.8) is 0 Å². The maximum Gasteiger partial charge on any atom is 0.168 e. The molecule has 0 spiro atoms. The van der Waals surface area contributed by atoms with Crippen LogP contribution in [0.1, 0.15) is 44.9 Å². The molecule has 3 nitrogen and oxygen atoms in total. The molecule has 136 valence electrons. The third-order valence-corrected chi connectivity index (χ3v) is 5.25. The van der Waals surface area contributed by atoms with Crippen LogP contribution < -0.4 is 9.46 Å². The Balaban J connectivity index is 2.24. The lowest BCUT2D eigenvalue weighted by Crippen LogP contribution is -2.40. The van der Waals surface area contributed by atoms with Gasteiger partial charge in [-0.05, 0) is 39.3 Å². The molecule has 0 aliphatic rings. The highest BCUT2D eigenvalue weighted by Crippen LogP contribution is 2.31. The van der Waals surface area contributed by atoms with Gasteiger partial charge < -0.3 is 9.29 Å². The molecule has 1 unspecified atom stereocenters. The lowest BCUT2D eigenvalue weighted by Gasteiger charge is -2.27. The van der Waals surface area contributed by atoms with E-state index in [1.54, 1.807) is 6.92 Å². The second-order valence-corrected chi connectivity index (χ2v) is 8.80. The number of nitrogens with one attached hydrogen (secondary N) is 1. The second kappa shape index (κ2) is 8.17. The predicted octanol–water partition coefficient (Wildman–Crippen LogP) is 4.66. The van der Waals surface area contributed by atoms with Crippen molar-refractivity contribution in [1.29, 1.82) is 0 Å². The van der Waals surface area contributed by atoms with Crippen molar-refractivity contribution >= 4 is 11.4 Å². The molecule has 2 aromatic rings. The van der Waals surface area contributed by atoms with Gasteiger partial charge in [-0.25, -0.2) is 8.78 Å². The van der Waals surface area contributed by atoms with Crippen LogP contribution in [0.3, 0.4) is 0 Å². The molecule has 2 aromatic carbocycles.